The molecule has 1 fully saturated rings. The fourth-order valence-electron chi connectivity index (χ4n) is 2.93. The van der Waals surface area contributed by atoms with Crippen molar-refractivity contribution in [3.8, 4) is 11.8 Å². The van der Waals surface area contributed by atoms with Gasteiger partial charge in [-0.1, -0.05) is 23.8 Å². The molecule has 3 rings (SSSR count). The second-order valence-corrected chi connectivity index (χ2v) is 6.47. The zero-order chi connectivity index (χ0) is 19.2. The Bertz CT molecular complexity index is 863. The SMILES string of the molecule is Cc1ccc(OCC(=O)N2CCN(C(=O)c3cccc(C#N)c3)CC2)cc1. The van der Waals surface area contributed by atoms with Gasteiger partial charge in [0.25, 0.3) is 11.8 Å². The number of aryl methyl sites for hydroxylation is 1. The first-order valence-corrected chi connectivity index (χ1v) is 8.83. The van der Waals surface area contributed by atoms with Crippen LogP contribution in [0.5, 0.6) is 5.75 Å². The van der Waals surface area contributed by atoms with Crippen LogP contribution in [0.1, 0.15) is 21.5 Å². The molecular formula is C21H21N3O3. The molecule has 0 saturated carbocycles. The number of ether oxygens (including phenoxy) is 1. The fourth-order valence-corrected chi connectivity index (χ4v) is 2.93. The van der Waals surface area contributed by atoms with Crippen LogP contribution in [0.4, 0.5) is 0 Å². The number of rotatable bonds is 4. The van der Waals surface area contributed by atoms with E-state index in [2.05, 4.69) is 0 Å². The summed E-state index contributed by atoms with van der Waals surface area (Å²) >= 11 is 0. The maximum absolute atomic E-state index is 12.6. The van der Waals surface area contributed by atoms with E-state index >= 15 is 0 Å². The lowest BCUT2D eigenvalue weighted by molar-refractivity contribution is -0.134. The molecule has 1 aliphatic rings. The minimum absolute atomic E-state index is 0.0127. The van der Waals surface area contributed by atoms with Crippen molar-refractivity contribution in [1.82, 2.24) is 9.80 Å². The Kier molecular flexibility index (Phi) is 5.72. The van der Waals surface area contributed by atoms with Crippen LogP contribution in [0.15, 0.2) is 48.5 Å². The summed E-state index contributed by atoms with van der Waals surface area (Å²) in [4.78, 5) is 28.3. The number of carbonyl (C=O) groups excluding carboxylic acids is 2. The summed E-state index contributed by atoms with van der Waals surface area (Å²) in [7, 11) is 0. The van der Waals surface area contributed by atoms with E-state index in [1.54, 1.807) is 34.1 Å². The molecule has 0 radical (unpaired) electrons. The lowest BCUT2D eigenvalue weighted by atomic mass is 10.1. The van der Waals surface area contributed by atoms with Gasteiger partial charge < -0.3 is 14.5 Å². The number of nitrogens with zero attached hydrogens (tertiary/aromatic N) is 3. The summed E-state index contributed by atoms with van der Waals surface area (Å²) in [5.41, 5.74) is 2.09. The predicted molar refractivity (Wildman–Crippen MR) is 100 cm³/mol. The van der Waals surface area contributed by atoms with E-state index in [1.807, 2.05) is 37.3 Å². The van der Waals surface area contributed by atoms with E-state index in [1.165, 1.54) is 0 Å². The van der Waals surface area contributed by atoms with Gasteiger partial charge in [-0.15, -0.1) is 0 Å². The summed E-state index contributed by atoms with van der Waals surface area (Å²) in [5, 5.41) is 8.97. The normalized spacial score (nSPS) is 13.8. The largest absolute Gasteiger partial charge is 0.484 e. The van der Waals surface area contributed by atoms with Gasteiger partial charge in [0.05, 0.1) is 11.6 Å². The van der Waals surface area contributed by atoms with Crippen LogP contribution >= 0.6 is 0 Å². The summed E-state index contributed by atoms with van der Waals surface area (Å²) < 4.78 is 5.54. The van der Waals surface area contributed by atoms with Crippen molar-refractivity contribution in [3.05, 3.63) is 65.2 Å². The molecule has 1 saturated heterocycles. The standard InChI is InChI=1S/C21H21N3O3/c1-16-5-7-19(8-6-16)27-15-20(25)23-9-11-24(12-10-23)21(26)18-4-2-3-17(13-18)14-22/h2-8,13H,9-12,15H2,1H3. The molecule has 1 aliphatic heterocycles. The molecule has 6 heteroatoms. The number of amides is 2. The average Bonchev–Trinajstić information content (AvgIpc) is 2.72. The van der Waals surface area contributed by atoms with Crippen molar-refractivity contribution in [2.24, 2.45) is 0 Å². The van der Waals surface area contributed by atoms with E-state index in [-0.39, 0.29) is 18.4 Å². The molecule has 138 valence electrons. The van der Waals surface area contributed by atoms with Crippen molar-refractivity contribution in [3.63, 3.8) is 0 Å². The molecule has 6 nitrogen and oxygen atoms in total. The highest BCUT2D eigenvalue weighted by atomic mass is 16.5. The monoisotopic (exact) mass is 363 g/mol. The van der Waals surface area contributed by atoms with Crippen molar-refractivity contribution >= 4 is 11.8 Å². The van der Waals surface area contributed by atoms with Gasteiger partial charge in [0.15, 0.2) is 6.61 Å². The molecule has 2 aromatic carbocycles. The molecular weight excluding hydrogens is 342 g/mol. The molecule has 0 aromatic heterocycles. The number of nitriles is 1. The van der Waals surface area contributed by atoms with Gasteiger partial charge in [0, 0.05) is 31.7 Å². The van der Waals surface area contributed by atoms with Crippen LogP contribution in [-0.4, -0.2) is 54.4 Å². The third-order valence-corrected chi connectivity index (χ3v) is 4.54. The quantitative estimate of drug-likeness (QED) is 0.835. The third kappa shape index (κ3) is 4.64. The maximum atomic E-state index is 12.6. The zero-order valence-corrected chi connectivity index (χ0v) is 15.2. The van der Waals surface area contributed by atoms with Crippen molar-refractivity contribution in [2.45, 2.75) is 6.92 Å². The van der Waals surface area contributed by atoms with Crippen LogP contribution in [-0.2, 0) is 4.79 Å². The van der Waals surface area contributed by atoms with Gasteiger partial charge in [-0.05, 0) is 37.3 Å². The van der Waals surface area contributed by atoms with Gasteiger partial charge >= 0.3 is 0 Å². The smallest absolute Gasteiger partial charge is 0.260 e. The Hall–Kier alpha value is -3.33. The second-order valence-electron chi connectivity index (χ2n) is 6.47. The van der Waals surface area contributed by atoms with E-state index in [9.17, 15) is 9.59 Å². The molecule has 2 amide bonds. The van der Waals surface area contributed by atoms with Crippen molar-refractivity contribution in [2.75, 3.05) is 32.8 Å². The predicted octanol–water partition coefficient (Wildman–Crippen LogP) is 2.23. The zero-order valence-electron chi connectivity index (χ0n) is 15.2. The van der Waals surface area contributed by atoms with Gasteiger partial charge in [-0.2, -0.15) is 5.26 Å². The number of piperazine rings is 1. The molecule has 2 aromatic rings. The molecule has 0 bridgehead atoms. The summed E-state index contributed by atoms with van der Waals surface area (Å²) in [6.45, 7) is 3.85. The van der Waals surface area contributed by atoms with Crippen LogP contribution < -0.4 is 4.74 Å². The molecule has 0 spiro atoms. The summed E-state index contributed by atoms with van der Waals surface area (Å²) in [5.74, 6) is 0.462. The highest BCUT2D eigenvalue weighted by molar-refractivity contribution is 5.94. The maximum Gasteiger partial charge on any atom is 0.260 e. The summed E-state index contributed by atoms with van der Waals surface area (Å²) in [6, 6.07) is 16.3. The van der Waals surface area contributed by atoms with Crippen molar-refractivity contribution < 1.29 is 14.3 Å². The molecule has 0 N–H and O–H groups in total. The van der Waals surface area contributed by atoms with Crippen LogP contribution in [0.2, 0.25) is 0 Å². The molecule has 0 atom stereocenters. The molecule has 0 unspecified atom stereocenters. The fraction of sp³-hybridized carbons (Fsp3) is 0.286. The molecule has 0 aliphatic carbocycles. The van der Waals surface area contributed by atoms with Crippen LogP contribution in [0.3, 0.4) is 0 Å². The van der Waals surface area contributed by atoms with E-state index < -0.39 is 0 Å². The van der Waals surface area contributed by atoms with E-state index in [0.29, 0.717) is 43.1 Å². The highest BCUT2D eigenvalue weighted by Gasteiger charge is 2.25. The number of benzene rings is 2. The lowest BCUT2D eigenvalue weighted by Crippen LogP contribution is -2.51. The first kappa shape index (κ1) is 18.5. The topological polar surface area (TPSA) is 73.6 Å². The van der Waals surface area contributed by atoms with E-state index in [4.69, 9.17) is 10.00 Å². The Balaban J connectivity index is 1.50. The number of carbonyl (C=O) groups is 2. The minimum Gasteiger partial charge on any atom is -0.484 e. The first-order valence-electron chi connectivity index (χ1n) is 8.83. The summed E-state index contributed by atoms with van der Waals surface area (Å²) in [6.07, 6.45) is 0. The minimum atomic E-state index is -0.116. The molecule has 27 heavy (non-hydrogen) atoms. The van der Waals surface area contributed by atoms with Gasteiger partial charge in [0.2, 0.25) is 0 Å². The lowest BCUT2D eigenvalue weighted by Gasteiger charge is -2.34. The number of hydrogen-bond acceptors (Lipinski definition) is 4. The molecule has 1 heterocycles. The number of hydrogen-bond donors (Lipinski definition) is 0. The Morgan fingerprint density at radius 1 is 1.04 bits per heavy atom. The van der Waals surface area contributed by atoms with Gasteiger partial charge in [-0.25, -0.2) is 0 Å². The Morgan fingerprint density at radius 3 is 2.37 bits per heavy atom. The highest BCUT2D eigenvalue weighted by Crippen LogP contribution is 2.13. The van der Waals surface area contributed by atoms with E-state index in [0.717, 1.165) is 5.56 Å². The van der Waals surface area contributed by atoms with Crippen molar-refractivity contribution in [1.29, 1.82) is 5.26 Å². The van der Waals surface area contributed by atoms with Crippen LogP contribution in [0, 0.1) is 18.3 Å². The van der Waals surface area contributed by atoms with Gasteiger partial charge in [0.1, 0.15) is 5.75 Å². The second kappa shape index (κ2) is 8.37. The van der Waals surface area contributed by atoms with Gasteiger partial charge in [-0.3, -0.25) is 9.59 Å². The third-order valence-electron chi connectivity index (χ3n) is 4.54. The van der Waals surface area contributed by atoms with Crippen LogP contribution in [0.25, 0.3) is 0 Å². The average molecular weight is 363 g/mol. The Labute approximate surface area is 158 Å². The first-order chi connectivity index (χ1) is 13.1. The Morgan fingerprint density at radius 2 is 1.70 bits per heavy atom.